The van der Waals surface area contributed by atoms with Crippen LogP contribution in [-0.2, 0) is 6.54 Å². The van der Waals surface area contributed by atoms with Crippen molar-refractivity contribution in [2.24, 2.45) is 5.73 Å². The molecule has 2 rings (SSSR count). The van der Waals surface area contributed by atoms with Gasteiger partial charge in [0.1, 0.15) is 5.69 Å². The summed E-state index contributed by atoms with van der Waals surface area (Å²) in [6.45, 7) is 7.02. The highest BCUT2D eigenvalue weighted by molar-refractivity contribution is 5.39. The highest BCUT2D eigenvalue weighted by Gasteiger charge is 2.19. The maximum atomic E-state index is 6.39. The zero-order valence-electron chi connectivity index (χ0n) is 12.0. The average Bonchev–Trinajstić information content (AvgIpc) is 2.83. The zero-order valence-corrected chi connectivity index (χ0v) is 12.0. The Morgan fingerprint density at radius 1 is 1.32 bits per heavy atom. The van der Waals surface area contributed by atoms with Crippen molar-refractivity contribution < 1.29 is 4.74 Å². The molecule has 0 saturated carbocycles. The molecule has 102 valence electrons. The van der Waals surface area contributed by atoms with E-state index in [0.717, 1.165) is 23.6 Å². The molecule has 1 unspecified atom stereocenters. The van der Waals surface area contributed by atoms with Crippen LogP contribution in [0, 0.1) is 13.8 Å². The molecule has 0 radical (unpaired) electrons. The summed E-state index contributed by atoms with van der Waals surface area (Å²) in [5.74, 6) is 0.743. The Hall–Kier alpha value is -1.81. The van der Waals surface area contributed by atoms with Crippen molar-refractivity contribution >= 4 is 0 Å². The molecule has 0 aliphatic carbocycles. The van der Waals surface area contributed by atoms with E-state index in [4.69, 9.17) is 10.5 Å². The number of methoxy groups -OCH3 is 1. The number of ether oxygens (including phenoxy) is 1. The van der Waals surface area contributed by atoms with Crippen LogP contribution in [0.25, 0.3) is 0 Å². The molecule has 0 fully saturated rings. The molecule has 2 N–H and O–H groups in total. The van der Waals surface area contributed by atoms with Crippen LogP contribution in [0.4, 0.5) is 0 Å². The summed E-state index contributed by atoms with van der Waals surface area (Å²) in [6, 6.07) is 6.08. The Kier molecular flexibility index (Phi) is 3.90. The lowest BCUT2D eigenvalue weighted by Crippen LogP contribution is -2.18. The number of aryl methyl sites for hydroxylation is 3. The molecule has 0 aliphatic rings. The van der Waals surface area contributed by atoms with Crippen LogP contribution in [0.3, 0.4) is 0 Å². The number of rotatable bonds is 4. The summed E-state index contributed by atoms with van der Waals surface area (Å²) in [6.07, 6.45) is 1.72. The van der Waals surface area contributed by atoms with Crippen molar-refractivity contribution in [2.75, 3.05) is 7.11 Å². The number of nitrogens with zero attached hydrogens (tertiary/aromatic N) is 2. The van der Waals surface area contributed by atoms with Gasteiger partial charge in [-0.15, -0.1) is 0 Å². The van der Waals surface area contributed by atoms with Gasteiger partial charge in [0, 0.05) is 6.54 Å². The maximum Gasteiger partial charge on any atom is 0.161 e. The number of aromatic nitrogens is 2. The third-order valence-electron chi connectivity index (χ3n) is 3.55. The lowest BCUT2D eigenvalue weighted by atomic mass is 9.99. The lowest BCUT2D eigenvalue weighted by Gasteiger charge is -2.16. The first kappa shape index (κ1) is 13.6. The number of nitrogens with two attached hydrogens (primary N) is 1. The summed E-state index contributed by atoms with van der Waals surface area (Å²) in [5, 5.41) is 4.30. The lowest BCUT2D eigenvalue weighted by molar-refractivity contribution is 0.404. The molecule has 1 aromatic heterocycles. The van der Waals surface area contributed by atoms with Crippen LogP contribution in [0.1, 0.15) is 35.3 Å². The first-order valence-electron chi connectivity index (χ1n) is 6.50. The molecule has 1 aromatic carbocycles. The Labute approximate surface area is 114 Å². The molecule has 0 bridgehead atoms. The van der Waals surface area contributed by atoms with Gasteiger partial charge in [0.05, 0.1) is 19.3 Å². The van der Waals surface area contributed by atoms with Crippen LogP contribution in [-0.4, -0.2) is 16.9 Å². The summed E-state index contributed by atoms with van der Waals surface area (Å²) in [7, 11) is 1.65. The van der Waals surface area contributed by atoms with E-state index in [1.54, 1.807) is 13.3 Å². The Bertz CT molecular complexity index is 553. The summed E-state index contributed by atoms with van der Waals surface area (Å²) < 4.78 is 7.25. The molecule has 1 heterocycles. The molecular formula is C15H21N3O. The van der Waals surface area contributed by atoms with Gasteiger partial charge in [-0.1, -0.05) is 18.2 Å². The normalized spacial score (nSPS) is 12.5. The molecule has 19 heavy (non-hydrogen) atoms. The Balaban J connectivity index is 2.45. The summed E-state index contributed by atoms with van der Waals surface area (Å²) in [4.78, 5) is 0. The van der Waals surface area contributed by atoms with E-state index in [2.05, 4.69) is 37.1 Å². The van der Waals surface area contributed by atoms with Crippen LogP contribution in [0.5, 0.6) is 5.75 Å². The van der Waals surface area contributed by atoms with Gasteiger partial charge in [-0.2, -0.15) is 5.10 Å². The van der Waals surface area contributed by atoms with Crippen LogP contribution in [0.2, 0.25) is 0 Å². The van der Waals surface area contributed by atoms with Gasteiger partial charge in [0.25, 0.3) is 0 Å². The first-order chi connectivity index (χ1) is 9.08. The van der Waals surface area contributed by atoms with Gasteiger partial charge in [0.15, 0.2) is 5.75 Å². The van der Waals surface area contributed by atoms with Crippen molar-refractivity contribution in [3.8, 4) is 5.75 Å². The summed E-state index contributed by atoms with van der Waals surface area (Å²) in [5.41, 5.74) is 10.9. The molecule has 0 amide bonds. The van der Waals surface area contributed by atoms with Crippen molar-refractivity contribution in [1.82, 2.24) is 9.78 Å². The van der Waals surface area contributed by atoms with E-state index in [0.29, 0.717) is 0 Å². The van der Waals surface area contributed by atoms with Crippen LogP contribution < -0.4 is 10.5 Å². The van der Waals surface area contributed by atoms with Crippen molar-refractivity contribution in [3.05, 3.63) is 46.8 Å². The quantitative estimate of drug-likeness (QED) is 0.918. The van der Waals surface area contributed by atoms with Crippen molar-refractivity contribution in [1.29, 1.82) is 0 Å². The predicted octanol–water partition coefficient (Wildman–Crippen LogP) is 2.58. The highest BCUT2D eigenvalue weighted by atomic mass is 16.5. The van der Waals surface area contributed by atoms with Gasteiger partial charge in [-0.05, 0) is 37.5 Å². The number of hydrogen-bond donors (Lipinski definition) is 1. The van der Waals surface area contributed by atoms with Crippen LogP contribution in [0.15, 0.2) is 24.4 Å². The van der Waals surface area contributed by atoms with Crippen LogP contribution >= 0.6 is 0 Å². The average molecular weight is 259 g/mol. The fourth-order valence-corrected chi connectivity index (χ4v) is 2.22. The smallest absolute Gasteiger partial charge is 0.161 e. The second-order valence-electron chi connectivity index (χ2n) is 4.74. The largest absolute Gasteiger partial charge is 0.493 e. The van der Waals surface area contributed by atoms with E-state index in [1.807, 2.05) is 11.6 Å². The van der Waals surface area contributed by atoms with Gasteiger partial charge < -0.3 is 10.5 Å². The fraction of sp³-hybridized carbons (Fsp3) is 0.400. The number of benzene rings is 1. The monoisotopic (exact) mass is 259 g/mol. The van der Waals surface area contributed by atoms with Gasteiger partial charge in [0.2, 0.25) is 0 Å². The second-order valence-corrected chi connectivity index (χ2v) is 4.74. The molecule has 4 nitrogen and oxygen atoms in total. The standard InChI is InChI=1S/C15H21N3O/c1-5-18-15(13(19-4)9-17-18)14(16)12-7-6-10(2)11(3)8-12/h6-9,14H,5,16H2,1-4H3. The molecule has 1 atom stereocenters. The topological polar surface area (TPSA) is 53.1 Å². The molecule has 4 heteroatoms. The van der Waals surface area contributed by atoms with Gasteiger partial charge >= 0.3 is 0 Å². The van der Waals surface area contributed by atoms with Gasteiger partial charge in [-0.25, -0.2) is 0 Å². The van der Waals surface area contributed by atoms with E-state index < -0.39 is 0 Å². The Morgan fingerprint density at radius 2 is 2.05 bits per heavy atom. The zero-order chi connectivity index (χ0) is 14.0. The summed E-state index contributed by atoms with van der Waals surface area (Å²) >= 11 is 0. The van der Waals surface area contributed by atoms with E-state index in [9.17, 15) is 0 Å². The minimum absolute atomic E-state index is 0.225. The third kappa shape index (κ3) is 2.49. The maximum absolute atomic E-state index is 6.39. The predicted molar refractivity (Wildman–Crippen MR) is 76.4 cm³/mol. The van der Waals surface area contributed by atoms with Crippen molar-refractivity contribution in [2.45, 2.75) is 33.4 Å². The highest BCUT2D eigenvalue weighted by Crippen LogP contribution is 2.29. The minimum Gasteiger partial charge on any atom is -0.493 e. The molecule has 2 aromatic rings. The Morgan fingerprint density at radius 3 is 2.63 bits per heavy atom. The molecule has 0 spiro atoms. The third-order valence-corrected chi connectivity index (χ3v) is 3.55. The van der Waals surface area contributed by atoms with Crippen molar-refractivity contribution in [3.63, 3.8) is 0 Å². The molecule has 0 aliphatic heterocycles. The second kappa shape index (κ2) is 5.45. The van der Waals surface area contributed by atoms with E-state index in [1.165, 1.54) is 11.1 Å². The fourth-order valence-electron chi connectivity index (χ4n) is 2.22. The van der Waals surface area contributed by atoms with Gasteiger partial charge in [-0.3, -0.25) is 4.68 Å². The van der Waals surface area contributed by atoms with E-state index >= 15 is 0 Å². The number of hydrogen-bond acceptors (Lipinski definition) is 3. The minimum atomic E-state index is -0.225. The SMILES string of the molecule is CCn1ncc(OC)c1C(N)c1ccc(C)c(C)c1. The van der Waals surface area contributed by atoms with E-state index in [-0.39, 0.29) is 6.04 Å². The molecular weight excluding hydrogens is 238 g/mol. The first-order valence-corrected chi connectivity index (χ1v) is 6.50. The molecule has 0 saturated heterocycles.